The number of aromatic nitrogens is 2. The third-order valence-corrected chi connectivity index (χ3v) is 2.59. The first-order valence-corrected chi connectivity index (χ1v) is 7.50. The van der Waals surface area contributed by atoms with E-state index in [1.54, 1.807) is 0 Å². The van der Waals surface area contributed by atoms with E-state index in [9.17, 15) is 4.79 Å². The van der Waals surface area contributed by atoms with Crippen molar-refractivity contribution in [2.75, 3.05) is 23.7 Å². The zero-order valence-electron chi connectivity index (χ0n) is 13.7. The predicted octanol–water partition coefficient (Wildman–Crippen LogP) is 2.19. The van der Waals surface area contributed by atoms with Gasteiger partial charge in [-0.15, -0.1) is 0 Å². The van der Waals surface area contributed by atoms with Gasteiger partial charge in [0.2, 0.25) is 5.91 Å². The topological polar surface area (TPSA) is 78.9 Å². The Hall–Kier alpha value is -1.85. The van der Waals surface area contributed by atoms with Crippen molar-refractivity contribution in [3.05, 3.63) is 11.9 Å². The number of rotatable bonds is 7. The predicted molar refractivity (Wildman–Crippen MR) is 86.6 cm³/mol. The average molecular weight is 293 g/mol. The third-order valence-electron chi connectivity index (χ3n) is 2.59. The van der Waals surface area contributed by atoms with Gasteiger partial charge in [0.1, 0.15) is 17.5 Å². The summed E-state index contributed by atoms with van der Waals surface area (Å²) < 4.78 is 0. The molecule has 0 aliphatic rings. The fourth-order valence-corrected chi connectivity index (χ4v) is 1.72. The highest BCUT2D eigenvalue weighted by Gasteiger charge is 2.13. The summed E-state index contributed by atoms with van der Waals surface area (Å²) in [5.41, 5.74) is -0.229. The summed E-state index contributed by atoms with van der Waals surface area (Å²) in [4.78, 5) is 20.6. The van der Waals surface area contributed by atoms with Crippen molar-refractivity contribution in [1.29, 1.82) is 0 Å². The lowest BCUT2D eigenvalue weighted by molar-refractivity contribution is -0.120. The van der Waals surface area contributed by atoms with E-state index in [4.69, 9.17) is 0 Å². The Morgan fingerprint density at radius 2 is 1.76 bits per heavy atom. The molecule has 1 amide bonds. The highest BCUT2D eigenvalue weighted by atomic mass is 16.2. The van der Waals surface area contributed by atoms with E-state index in [0.29, 0.717) is 5.82 Å². The molecule has 0 aliphatic carbocycles. The Labute approximate surface area is 127 Å². The normalized spacial score (nSPS) is 11.1. The fourth-order valence-electron chi connectivity index (χ4n) is 1.72. The standard InChI is InChI=1S/C15H27N5O/c1-6-8-16-12-9-13(19-11(7-2)18-12)17-10-14(21)20-15(3,4)5/h9H,6-8,10H2,1-5H3,(H,20,21)(H2,16,17,18,19). The van der Waals surface area contributed by atoms with Crippen LogP contribution >= 0.6 is 0 Å². The molecule has 1 aromatic heterocycles. The quantitative estimate of drug-likeness (QED) is 0.718. The molecule has 0 aromatic carbocycles. The number of amides is 1. The molecule has 0 unspecified atom stereocenters. The van der Waals surface area contributed by atoms with Gasteiger partial charge in [-0.3, -0.25) is 4.79 Å². The van der Waals surface area contributed by atoms with E-state index in [0.717, 1.165) is 31.0 Å². The van der Waals surface area contributed by atoms with Crippen molar-refractivity contribution in [2.24, 2.45) is 0 Å². The molecule has 0 bridgehead atoms. The first-order valence-electron chi connectivity index (χ1n) is 7.50. The van der Waals surface area contributed by atoms with E-state index in [2.05, 4.69) is 32.8 Å². The lowest BCUT2D eigenvalue weighted by atomic mass is 10.1. The van der Waals surface area contributed by atoms with E-state index in [1.165, 1.54) is 0 Å². The van der Waals surface area contributed by atoms with E-state index >= 15 is 0 Å². The average Bonchev–Trinajstić information content (AvgIpc) is 2.41. The summed E-state index contributed by atoms with van der Waals surface area (Å²) in [6.07, 6.45) is 1.78. The maximum Gasteiger partial charge on any atom is 0.239 e. The second-order valence-corrected chi connectivity index (χ2v) is 5.99. The van der Waals surface area contributed by atoms with Crippen LogP contribution in [-0.4, -0.2) is 34.5 Å². The number of nitrogens with one attached hydrogen (secondary N) is 3. The summed E-state index contributed by atoms with van der Waals surface area (Å²) in [5.74, 6) is 2.17. The fraction of sp³-hybridized carbons (Fsp3) is 0.667. The summed E-state index contributed by atoms with van der Waals surface area (Å²) in [6, 6.07) is 1.83. The van der Waals surface area contributed by atoms with E-state index in [-0.39, 0.29) is 18.0 Å². The van der Waals surface area contributed by atoms with Gasteiger partial charge in [-0.25, -0.2) is 9.97 Å². The van der Waals surface area contributed by atoms with Crippen LogP contribution in [0.1, 0.15) is 46.9 Å². The third kappa shape index (κ3) is 6.92. The Morgan fingerprint density at radius 3 is 2.29 bits per heavy atom. The highest BCUT2D eigenvalue weighted by molar-refractivity contribution is 5.81. The minimum atomic E-state index is -0.229. The second-order valence-electron chi connectivity index (χ2n) is 5.99. The molecule has 1 heterocycles. The number of nitrogens with zero attached hydrogens (tertiary/aromatic N) is 2. The lowest BCUT2D eigenvalue weighted by Gasteiger charge is -2.20. The van der Waals surface area contributed by atoms with Gasteiger partial charge in [0.25, 0.3) is 0 Å². The monoisotopic (exact) mass is 293 g/mol. The molecular formula is C15H27N5O. The summed E-state index contributed by atoms with van der Waals surface area (Å²) in [5, 5.41) is 9.21. The number of anilines is 2. The van der Waals surface area contributed by atoms with Crippen LogP contribution in [0.5, 0.6) is 0 Å². The Kier molecular flexibility index (Phi) is 6.39. The number of carbonyl (C=O) groups excluding carboxylic acids is 1. The van der Waals surface area contributed by atoms with Crippen LogP contribution in [0.15, 0.2) is 6.07 Å². The van der Waals surface area contributed by atoms with Crippen LogP contribution in [0, 0.1) is 0 Å². The van der Waals surface area contributed by atoms with Crippen LogP contribution in [-0.2, 0) is 11.2 Å². The molecule has 0 spiro atoms. The molecule has 1 rings (SSSR count). The molecule has 21 heavy (non-hydrogen) atoms. The molecule has 0 aliphatic heterocycles. The minimum absolute atomic E-state index is 0.0535. The van der Waals surface area contributed by atoms with Crippen molar-refractivity contribution < 1.29 is 4.79 Å². The zero-order chi connectivity index (χ0) is 15.9. The molecule has 0 radical (unpaired) electrons. The lowest BCUT2D eigenvalue weighted by Crippen LogP contribution is -2.43. The van der Waals surface area contributed by atoms with Crippen LogP contribution in [0.3, 0.4) is 0 Å². The van der Waals surface area contributed by atoms with Gasteiger partial charge in [-0.1, -0.05) is 13.8 Å². The zero-order valence-corrected chi connectivity index (χ0v) is 13.7. The van der Waals surface area contributed by atoms with Crippen LogP contribution in [0.2, 0.25) is 0 Å². The smallest absolute Gasteiger partial charge is 0.239 e. The van der Waals surface area contributed by atoms with Gasteiger partial charge in [0.15, 0.2) is 0 Å². The summed E-state index contributed by atoms with van der Waals surface area (Å²) in [7, 11) is 0. The van der Waals surface area contributed by atoms with Gasteiger partial charge < -0.3 is 16.0 Å². The molecular weight excluding hydrogens is 266 g/mol. The Morgan fingerprint density at radius 1 is 1.14 bits per heavy atom. The largest absolute Gasteiger partial charge is 0.370 e. The number of hydrogen-bond donors (Lipinski definition) is 3. The van der Waals surface area contributed by atoms with Crippen molar-refractivity contribution in [1.82, 2.24) is 15.3 Å². The van der Waals surface area contributed by atoms with Gasteiger partial charge in [-0.2, -0.15) is 0 Å². The number of aryl methyl sites for hydroxylation is 1. The summed E-state index contributed by atoms with van der Waals surface area (Å²) in [6.45, 7) is 11.0. The molecule has 0 saturated heterocycles. The first-order chi connectivity index (χ1) is 9.84. The van der Waals surface area contributed by atoms with Gasteiger partial charge in [0.05, 0.1) is 6.54 Å². The first kappa shape index (κ1) is 17.2. The van der Waals surface area contributed by atoms with Crippen molar-refractivity contribution in [3.8, 4) is 0 Å². The molecule has 1 aromatic rings. The van der Waals surface area contributed by atoms with E-state index in [1.807, 2.05) is 33.8 Å². The van der Waals surface area contributed by atoms with Gasteiger partial charge in [-0.05, 0) is 27.2 Å². The molecule has 0 fully saturated rings. The minimum Gasteiger partial charge on any atom is -0.370 e. The molecule has 0 saturated carbocycles. The molecule has 6 heteroatoms. The van der Waals surface area contributed by atoms with Crippen molar-refractivity contribution in [2.45, 2.75) is 53.0 Å². The molecule has 6 nitrogen and oxygen atoms in total. The van der Waals surface area contributed by atoms with Crippen LogP contribution in [0.25, 0.3) is 0 Å². The van der Waals surface area contributed by atoms with Crippen LogP contribution < -0.4 is 16.0 Å². The van der Waals surface area contributed by atoms with Crippen LogP contribution in [0.4, 0.5) is 11.6 Å². The maximum absolute atomic E-state index is 11.8. The SMILES string of the molecule is CCCNc1cc(NCC(=O)NC(C)(C)C)nc(CC)n1. The van der Waals surface area contributed by atoms with Crippen molar-refractivity contribution in [3.63, 3.8) is 0 Å². The van der Waals surface area contributed by atoms with E-state index < -0.39 is 0 Å². The van der Waals surface area contributed by atoms with Gasteiger partial charge >= 0.3 is 0 Å². The molecule has 0 atom stereocenters. The number of hydrogen-bond acceptors (Lipinski definition) is 5. The maximum atomic E-state index is 11.8. The van der Waals surface area contributed by atoms with Gasteiger partial charge in [0, 0.05) is 24.6 Å². The Bertz CT molecular complexity index is 468. The van der Waals surface area contributed by atoms with Crippen molar-refractivity contribution >= 4 is 17.5 Å². The molecule has 118 valence electrons. The summed E-state index contributed by atoms with van der Waals surface area (Å²) >= 11 is 0. The second kappa shape index (κ2) is 7.81. The molecule has 3 N–H and O–H groups in total. The number of carbonyl (C=O) groups is 1. The Balaban J connectivity index is 2.67. The highest BCUT2D eigenvalue weighted by Crippen LogP contribution is 2.11.